The number of alkyl halides is 3. The molecule has 190 valence electrons. The van der Waals surface area contributed by atoms with Crippen molar-refractivity contribution < 1.29 is 28.2 Å². The number of aromatic amines is 1. The number of nitrogens with zero attached hydrogens (tertiary/aromatic N) is 3. The van der Waals surface area contributed by atoms with E-state index in [0.29, 0.717) is 26.1 Å². The molecule has 0 aliphatic heterocycles. The van der Waals surface area contributed by atoms with Crippen molar-refractivity contribution in [2.45, 2.75) is 25.1 Å². The fraction of sp³-hybridized carbons (Fsp3) is 0.429. The third-order valence-corrected chi connectivity index (χ3v) is 5.24. The lowest BCUT2D eigenvalue weighted by Crippen LogP contribution is -2.37. The number of amides is 1. The maximum absolute atomic E-state index is 13.1. The van der Waals surface area contributed by atoms with E-state index in [-0.39, 0.29) is 47.3 Å². The highest BCUT2D eigenvalue weighted by Gasteiger charge is 2.31. The Morgan fingerprint density at radius 1 is 1.29 bits per heavy atom. The summed E-state index contributed by atoms with van der Waals surface area (Å²) in [4.78, 5) is 21.3. The molecule has 1 atom stereocenters. The van der Waals surface area contributed by atoms with E-state index in [4.69, 9.17) is 28.2 Å². The van der Waals surface area contributed by atoms with Gasteiger partial charge in [0.25, 0.3) is 0 Å². The second-order valence-electron chi connectivity index (χ2n) is 7.48. The highest BCUT2D eigenvalue weighted by atomic mass is 32.1. The SMILES string of the molecule is N#Cc1c(N[C@@H](CCCN(CCO)CCO)C(=O)Nc2cccc(C(F)(F)F)c2)[nH]c(N)nc1=S. The van der Waals surface area contributed by atoms with Crippen LogP contribution >= 0.6 is 12.2 Å². The number of anilines is 3. The van der Waals surface area contributed by atoms with Crippen molar-refractivity contribution in [1.29, 1.82) is 5.26 Å². The van der Waals surface area contributed by atoms with Gasteiger partial charge in [0.15, 0.2) is 10.6 Å². The van der Waals surface area contributed by atoms with Gasteiger partial charge in [-0.3, -0.25) is 9.69 Å². The fourth-order valence-electron chi connectivity index (χ4n) is 3.29. The van der Waals surface area contributed by atoms with Gasteiger partial charge in [-0.25, -0.2) is 4.98 Å². The van der Waals surface area contributed by atoms with Crippen LogP contribution in [0.25, 0.3) is 0 Å². The number of nitriles is 1. The van der Waals surface area contributed by atoms with Gasteiger partial charge in [0.2, 0.25) is 5.91 Å². The van der Waals surface area contributed by atoms with E-state index >= 15 is 0 Å². The molecule has 2 aromatic rings. The number of nitrogen functional groups attached to an aromatic ring is 1. The minimum absolute atomic E-state index is 0.0479. The van der Waals surface area contributed by atoms with Crippen LogP contribution in [0.5, 0.6) is 0 Å². The molecule has 0 saturated heterocycles. The summed E-state index contributed by atoms with van der Waals surface area (Å²) in [5.41, 5.74) is 4.66. The molecule has 0 spiro atoms. The van der Waals surface area contributed by atoms with Gasteiger partial charge in [0.1, 0.15) is 23.5 Å². The molecule has 1 aromatic carbocycles. The molecule has 0 aliphatic rings. The summed E-state index contributed by atoms with van der Waals surface area (Å²) in [6, 6.07) is 5.09. The molecular formula is C21H26F3N7O3S. The predicted molar refractivity (Wildman–Crippen MR) is 126 cm³/mol. The molecule has 7 N–H and O–H groups in total. The summed E-state index contributed by atoms with van der Waals surface area (Å²) < 4.78 is 39.1. The topological polar surface area (TPSA) is 163 Å². The zero-order chi connectivity index (χ0) is 26.0. The lowest BCUT2D eigenvalue weighted by molar-refractivity contribution is -0.137. The number of aliphatic hydroxyl groups is 2. The zero-order valence-corrected chi connectivity index (χ0v) is 19.4. The highest BCUT2D eigenvalue weighted by Crippen LogP contribution is 2.30. The first-order valence-corrected chi connectivity index (χ1v) is 11.0. The van der Waals surface area contributed by atoms with Gasteiger partial charge in [0, 0.05) is 18.8 Å². The Bertz CT molecular complexity index is 1100. The molecule has 35 heavy (non-hydrogen) atoms. The molecule has 0 saturated carbocycles. The summed E-state index contributed by atoms with van der Waals surface area (Å²) >= 11 is 5.04. The average Bonchev–Trinajstić information content (AvgIpc) is 2.78. The summed E-state index contributed by atoms with van der Waals surface area (Å²) in [5, 5.41) is 33.1. The minimum Gasteiger partial charge on any atom is -0.395 e. The molecule has 1 amide bonds. The Morgan fingerprint density at radius 2 is 1.97 bits per heavy atom. The summed E-state index contributed by atoms with van der Waals surface area (Å²) in [6.45, 7) is 0.839. The smallest absolute Gasteiger partial charge is 0.395 e. The number of benzene rings is 1. The van der Waals surface area contributed by atoms with Crippen LogP contribution < -0.4 is 16.4 Å². The zero-order valence-electron chi connectivity index (χ0n) is 18.6. The van der Waals surface area contributed by atoms with Gasteiger partial charge in [-0.1, -0.05) is 18.3 Å². The number of halogens is 3. The van der Waals surface area contributed by atoms with Crippen molar-refractivity contribution in [2.24, 2.45) is 0 Å². The quantitative estimate of drug-likeness (QED) is 0.233. The van der Waals surface area contributed by atoms with Crippen molar-refractivity contribution >= 4 is 35.6 Å². The lowest BCUT2D eigenvalue weighted by Gasteiger charge is -2.23. The molecule has 0 fully saturated rings. The third kappa shape index (κ3) is 8.48. The minimum atomic E-state index is -4.58. The number of nitrogens with two attached hydrogens (primary N) is 1. The Hall–Kier alpha value is -3.25. The summed E-state index contributed by atoms with van der Waals surface area (Å²) in [7, 11) is 0. The normalized spacial score (nSPS) is 12.3. The van der Waals surface area contributed by atoms with Crippen molar-refractivity contribution in [1.82, 2.24) is 14.9 Å². The first kappa shape index (κ1) is 28.0. The second kappa shape index (κ2) is 13.0. The Labute approximate surface area is 204 Å². The molecule has 14 heteroatoms. The van der Waals surface area contributed by atoms with E-state index in [1.54, 1.807) is 4.90 Å². The van der Waals surface area contributed by atoms with Crippen molar-refractivity contribution in [3.05, 3.63) is 40.0 Å². The number of aliphatic hydroxyl groups excluding tert-OH is 2. The average molecular weight is 514 g/mol. The van der Waals surface area contributed by atoms with Crippen molar-refractivity contribution in [3.8, 4) is 6.07 Å². The van der Waals surface area contributed by atoms with Crippen LogP contribution in [0.3, 0.4) is 0 Å². The van der Waals surface area contributed by atoms with Crippen molar-refractivity contribution in [2.75, 3.05) is 49.2 Å². The molecule has 0 bridgehead atoms. The number of rotatable bonds is 12. The van der Waals surface area contributed by atoms with Crippen LogP contribution in [0, 0.1) is 16.0 Å². The van der Waals surface area contributed by atoms with Gasteiger partial charge < -0.3 is 31.6 Å². The van der Waals surface area contributed by atoms with Crippen LogP contribution in [0.4, 0.5) is 30.6 Å². The monoisotopic (exact) mass is 513 g/mol. The largest absolute Gasteiger partial charge is 0.416 e. The predicted octanol–water partition coefficient (Wildman–Crippen LogP) is 2.10. The molecular weight excluding hydrogens is 487 g/mol. The van der Waals surface area contributed by atoms with E-state index in [1.807, 2.05) is 6.07 Å². The molecule has 0 aliphatic carbocycles. The molecule has 1 heterocycles. The lowest BCUT2D eigenvalue weighted by atomic mass is 10.1. The van der Waals surface area contributed by atoms with Crippen molar-refractivity contribution in [3.63, 3.8) is 0 Å². The van der Waals surface area contributed by atoms with Gasteiger partial charge in [-0.15, -0.1) is 0 Å². The summed E-state index contributed by atoms with van der Waals surface area (Å²) in [5.74, 6) is -0.693. The van der Waals surface area contributed by atoms with E-state index in [2.05, 4.69) is 20.6 Å². The van der Waals surface area contributed by atoms with Crippen LogP contribution in [-0.2, 0) is 11.0 Å². The van der Waals surface area contributed by atoms with E-state index in [1.165, 1.54) is 12.1 Å². The van der Waals surface area contributed by atoms with Crippen LogP contribution in [-0.4, -0.2) is 69.9 Å². The summed E-state index contributed by atoms with van der Waals surface area (Å²) in [6.07, 6.45) is -3.98. The standard InChI is InChI=1S/C21H26F3N7O3S/c22-21(23,24)13-3-1-4-14(11-13)27-18(34)16(5-2-6-31(7-9-32)8-10-33)28-17-15(12-25)19(35)30-20(26)29-17/h1,3-4,11,16,32-33H,2,5-10H2,(H,27,34)(H4,26,28,29,30,35)/t16-/m0/s1. The van der Waals surface area contributed by atoms with Crippen LogP contribution in [0.1, 0.15) is 24.0 Å². The number of carbonyl (C=O) groups is 1. The Balaban J connectivity index is 2.27. The molecule has 0 radical (unpaired) electrons. The van der Waals surface area contributed by atoms with Crippen LogP contribution in [0.2, 0.25) is 0 Å². The highest BCUT2D eigenvalue weighted by molar-refractivity contribution is 7.71. The third-order valence-electron chi connectivity index (χ3n) is 4.94. The molecule has 0 unspecified atom stereocenters. The maximum atomic E-state index is 13.1. The fourth-order valence-corrected chi connectivity index (χ4v) is 3.53. The van der Waals surface area contributed by atoms with E-state index in [0.717, 1.165) is 12.1 Å². The van der Waals surface area contributed by atoms with Gasteiger partial charge >= 0.3 is 6.18 Å². The molecule has 2 rings (SSSR count). The number of hydrogen-bond acceptors (Lipinski definition) is 9. The first-order valence-electron chi connectivity index (χ1n) is 10.6. The van der Waals surface area contributed by atoms with Gasteiger partial charge in [-0.05, 0) is 37.6 Å². The number of carbonyl (C=O) groups excluding carboxylic acids is 1. The number of aromatic nitrogens is 2. The molecule has 1 aromatic heterocycles. The Kier molecular flexibility index (Phi) is 10.4. The first-order chi connectivity index (χ1) is 16.6. The Morgan fingerprint density at radius 3 is 2.57 bits per heavy atom. The second-order valence-corrected chi connectivity index (χ2v) is 7.87. The van der Waals surface area contributed by atoms with Crippen LogP contribution in [0.15, 0.2) is 24.3 Å². The van der Waals surface area contributed by atoms with Gasteiger partial charge in [-0.2, -0.15) is 18.4 Å². The van der Waals surface area contributed by atoms with E-state index in [9.17, 15) is 23.2 Å². The maximum Gasteiger partial charge on any atom is 0.416 e. The molecule has 10 nitrogen and oxygen atoms in total. The number of H-pyrrole nitrogens is 1. The number of hydrogen-bond donors (Lipinski definition) is 6. The number of nitrogens with one attached hydrogen (secondary N) is 3. The van der Waals surface area contributed by atoms with Gasteiger partial charge in [0.05, 0.1) is 18.8 Å². The van der Waals surface area contributed by atoms with E-state index < -0.39 is 23.7 Å².